The Morgan fingerprint density at radius 3 is 3.40 bits per heavy atom. The summed E-state index contributed by atoms with van der Waals surface area (Å²) in [5, 5.41) is 7.43. The lowest BCUT2D eigenvalue weighted by Gasteiger charge is -2.11. The third-order valence-corrected chi connectivity index (χ3v) is 2.67. The van der Waals surface area contributed by atoms with Crippen LogP contribution in [0.2, 0.25) is 0 Å². The third kappa shape index (κ3) is 1.55. The van der Waals surface area contributed by atoms with Gasteiger partial charge in [-0.2, -0.15) is 0 Å². The van der Waals surface area contributed by atoms with Crippen molar-refractivity contribution < 1.29 is 4.52 Å². The molecule has 1 aliphatic heterocycles. The molecule has 2 aromatic rings. The van der Waals surface area contributed by atoms with Crippen molar-refractivity contribution in [2.75, 3.05) is 6.54 Å². The predicted octanol–water partition coefficient (Wildman–Crippen LogP) is 0.565. The number of aromatic nitrogens is 3. The van der Waals surface area contributed by atoms with E-state index in [1.165, 1.54) is 5.56 Å². The quantitative estimate of drug-likeness (QED) is 0.776. The van der Waals surface area contributed by atoms with Gasteiger partial charge in [-0.15, -0.1) is 0 Å². The molecule has 2 aromatic heterocycles. The summed E-state index contributed by atoms with van der Waals surface area (Å²) in [6.45, 7) is 2.58. The van der Waals surface area contributed by atoms with Crippen LogP contribution in [0.1, 0.15) is 17.0 Å². The Kier molecular flexibility index (Phi) is 2.03. The SMILES string of the molecule is c1cn(Cc2noc3c2CNCC3)cn1. The van der Waals surface area contributed by atoms with Crippen LogP contribution in [-0.2, 0) is 19.5 Å². The van der Waals surface area contributed by atoms with E-state index in [1.807, 2.05) is 10.8 Å². The second-order valence-electron chi connectivity index (χ2n) is 3.69. The highest BCUT2D eigenvalue weighted by atomic mass is 16.5. The van der Waals surface area contributed by atoms with Gasteiger partial charge < -0.3 is 14.4 Å². The Balaban J connectivity index is 1.89. The molecule has 0 aliphatic carbocycles. The lowest BCUT2D eigenvalue weighted by molar-refractivity contribution is 0.367. The summed E-state index contributed by atoms with van der Waals surface area (Å²) in [6.07, 6.45) is 6.42. The molecule has 0 radical (unpaired) electrons. The fraction of sp³-hybridized carbons (Fsp3) is 0.400. The largest absolute Gasteiger partial charge is 0.361 e. The Hall–Kier alpha value is -1.62. The minimum atomic E-state index is 0.737. The van der Waals surface area contributed by atoms with Gasteiger partial charge in [0.15, 0.2) is 0 Å². The first-order valence-corrected chi connectivity index (χ1v) is 5.06. The van der Waals surface area contributed by atoms with Crippen LogP contribution in [0.3, 0.4) is 0 Å². The fourth-order valence-corrected chi connectivity index (χ4v) is 1.87. The van der Waals surface area contributed by atoms with Crippen LogP contribution in [0.25, 0.3) is 0 Å². The average Bonchev–Trinajstić information content (AvgIpc) is 2.89. The Labute approximate surface area is 87.1 Å². The van der Waals surface area contributed by atoms with E-state index in [2.05, 4.69) is 15.5 Å². The van der Waals surface area contributed by atoms with E-state index in [0.717, 1.165) is 37.5 Å². The van der Waals surface area contributed by atoms with Gasteiger partial charge in [0.05, 0.1) is 12.9 Å². The maximum atomic E-state index is 5.31. The molecule has 3 heterocycles. The van der Waals surface area contributed by atoms with Crippen LogP contribution < -0.4 is 5.32 Å². The normalized spacial score (nSPS) is 15.2. The number of imidazole rings is 1. The monoisotopic (exact) mass is 204 g/mol. The van der Waals surface area contributed by atoms with E-state index in [0.29, 0.717) is 0 Å². The van der Waals surface area contributed by atoms with Gasteiger partial charge in [0.25, 0.3) is 0 Å². The number of nitrogens with one attached hydrogen (secondary N) is 1. The van der Waals surface area contributed by atoms with Gasteiger partial charge in [-0.3, -0.25) is 0 Å². The van der Waals surface area contributed by atoms with E-state index >= 15 is 0 Å². The molecular formula is C10H12N4O. The Morgan fingerprint density at radius 1 is 1.53 bits per heavy atom. The van der Waals surface area contributed by atoms with E-state index in [4.69, 9.17) is 4.52 Å². The van der Waals surface area contributed by atoms with Gasteiger partial charge in [0.2, 0.25) is 0 Å². The highest BCUT2D eigenvalue weighted by molar-refractivity contribution is 5.25. The maximum Gasteiger partial charge on any atom is 0.142 e. The summed E-state index contributed by atoms with van der Waals surface area (Å²) >= 11 is 0. The molecule has 3 rings (SSSR count). The standard InChI is InChI=1S/C10H12N4O/c1-2-11-5-8-9(13-15-10(1)8)6-14-4-3-12-7-14/h3-4,7,11H,1-2,5-6H2. The summed E-state index contributed by atoms with van der Waals surface area (Å²) < 4.78 is 7.30. The number of nitrogens with zero attached hydrogens (tertiary/aromatic N) is 3. The van der Waals surface area contributed by atoms with Gasteiger partial charge in [-0.1, -0.05) is 5.16 Å². The zero-order valence-electron chi connectivity index (χ0n) is 8.31. The minimum absolute atomic E-state index is 0.737. The molecule has 1 N–H and O–H groups in total. The van der Waals surface area contributed by atoms with Crippen LogP contribution in [0, 0.1) is 0 Å². The molecule has 0 spiro atoms. The van der Waals surface area contributed by atoms with Gasteiger partial charge in [-0.25, -0.2) is 4.98 Å². The number of rotatable bonds is 2. The maximum absolute atomic E-state index is 5.31. The van der Waals surface area contributed by atoms with Crippen LogP contribution >= 0.6 is 0 Å². The Morgan fingerprint density at radius 2 is 2.53 bits per heavy atom. The predicted molar refractivity (Wildman–Crippen MR) is 53.2 cm³/mol. The van der Waals surface area contributed by atoms with E-state index < -0.39 is 0 Å². The lowest BCUT2D eigenvalue weighted by atomic mass is 10.1. The van der Waals surface area contributed by atoms with Crippen molar-refractivity contribution in [2.45, 2.75) is 19.5 Å². The van der Waals surface area contributed by atoms with Crippen molar-refractivity contribution in [3.63, 3.8) is 0 Å². The molecule has 0 unspecified atom stereocenters. The topological polar surface area (TPSA) is 55.9 Å². The molecule has 0 amide bonds. The van der Waals surface area contributed by atoms with Crippen LogP contribution in [-0.4, -0.2) is 21.3 Å². The first kappa shape index (κ1) is 8.67. The van der Waals surface area contributed by atoms with Gasteiger partial charge in [0.1, 0.15) is 11.5 Å². The summed E-state index contributed by atoms with van der Waals surface area (Å²) in [5.74, 6) is 1.03. The molecule has 1 aliphatic rings. The smallest absolute Gasteiger partial charge is 0.142 e. The minimum Gasteiger partial charge on any atom is -0.361 e. The van der Waals surface area contributed by atoms with Crippen molar-refractivity contribution in [3.8, 4) is 0 Å². The molecule has 0 atom stereocenters. The zero-order valence-corrected chi connectivity index (χ0v) is 8.31. The van der Waals surface area contributed by atoms with Crippen LogP contribution in [0.5, 0.6) is 0 Å². The van der Waals surface area contributed by atoms with Gasteiger partial charge >= 0.3 is 0 Å². The molecule has 5 nitrogen and oxygen atoms in total. The number of hydrogen-bond acceptors (Lipinski definition) is 4. The highest BCUT2D eigenvalue weighted by Crippen LogP contribution is 2.18. The fourth-order valence-electron chi connectivity index (χ4n) is 1.87. The van der Waals surface area contributed by atoms with Crippen molar-refractivity contribution in [1.29, 1.82) is 0 Å². The first-order chi connectivity index (χ1) is 7.43. The second kappa shape index (κ2) is 3.51. The molecular weight excluding hydrogens is 192 g/mol. The van der Waals surface area contributed by atoms with Crippen molar-refractivity contribution in [1.82, 2.24) is 20.0 Å². The second-order valence-corrected chi connectivity index (χ2v) is 3.69. The van der Waals surface area contributed by atoms with Gasteiger partial charge in [0, 0.05) is 37.5 Å². The molecule has 0 fully saturated rings. The molecule has 0 saturated heterocycles. The molecule has 15 heavy (non-hydrogen) atoms. The number of fused-ring (bicyclic) bond motifs is 1. The van der Waals surface area contributed by atoms with Gasteiger partial charge in [-0.05, 0) is 0 Å². The first-order valence-electron chi connectivity index (χ1n) is 5.06. The summed E-state index contributed by atoms with van der Waals surface area (Å²) in [7, 11) is 0. The average molecular weight is 204 g/mol. The summed E-state index contributed by atoms with van der Waals surface area (Å²) in [5.41, 5.74) is 2.23. The highest BCUT2D eigenvalue weighted by Gasteiger charge is 2.18. The molecule has 0 bridgehead atoms. The zero-order chi connectivity index (χ0) is 10.1. The van der Waals surface area contributed by atoms with E-state index in [-0.39, 0.29) is 0 Å². The number of hydrogen-bond donors (Lipinski definition) is 1. The van der Waals surface area contributed by atoms with E-state index in [1.54, 1.807) is 12.5 Å². The van der Waals surface area contributed by atoms with Crippen LogP contribution in [0.4, 0.5) is 0 Å². The molecule has 78 valence electrons. The summed E-state index contributed by atoms with van der Waals surface area (Å²) in [4.78, 5) is 4.00. The van der Waals surface area contributed by atoms with Crippen LogP contribution in [0.15, 0.2) is 23.2 Å². The van der Waals surface area contributed by atoms with Crippen molar-refractivity contribution in [2.24, 2.45) is 0 Å². The third-order valence-electron chi connectivity index (χ3n) is 2.67. The lowest BCUT2D eigenvalue weighted by Crippen LogP contribution is -2.23. The van der Waals surface area contributed by atoms with E-state index in [9.17, 15) is 0 Å². The summed E-state index contributed by atoms with van der Waals surface area (Å²) in [6, 6.07) is 0. The Bertz CT molecular complexity index is 446. The molecule has 0 aromatic carbocycles. The molecule has 0 saturated carbocycles. The molecule has 5 heteroatoms. The van der Waals surface area contributed by atoms with Crippen molar-refractivity contribution >= 4 is 0 Å². The van der Waals surface area contributed by atoms with Crippen molar-refractivity contribution in [3.05, 3.63) is 35.7 Å².